The Morgan fingerprint density at radius 2 is 2.08 bits per heavy atom. The zero-order chi connectivity index (χ0) is 18.4. The van der Waals surface area contributed by atoms with Gasteiger partial charge in [0, 0.05) is 4.88 Å². The Bertz CT molecular complexity index is 771. The number of ether oxygens (including phenoxy) is 1. The Balaban J connectivity index is 1.58. The number of thiophene rings is 1. The molecule has 136 valence electrons. The molecule has 2 aromatic rings. The van der Waals surface area contributed by atoms with Gasteiger partial charge < -0.3 is 10.1 Å². The van der Waals surface area contributed by atoms with Gasteiger partial charge in [0.05, 0.1) is 12.5 Å². The maximum atomic E-state index is 13.2. The third-order valence-corrected chi connectivity index (χ3v) is 5.18. The number of hydrogen-bond donors (Lipinski definition) is 1. The van der Waals surface area contributed by atoms with Gasteiger partial charge in [0.2, 0.25) is 0 Å². The number of halogens is 1. The van der Waals surface area contributed by atoms with Crippen molar-refractivity contribution in [1.29, 1.82) is 0 Å². The highest BCUT2D eigenvalue weighted by Gasteiger charge is 2.20. The minimum Gasteiger partial charge on any atom is -0.456 e. The molecular weight excluding hydrogens is 353 g/mol. The molecule has 1 heterocycles. The highest BCUT2D eigenvalue weighted by molar-refractivity contribution is 7.10. The first-order valence-electron chi connectivity index (χ1n) is 8.52. The van der Waals surface area contributed by atoms with Crippen molar-refractivity contribution < 1.29 is 18.7 Å². The van der Waals surface area contributed by atoms with E-state index in [0.29, 0.717) is 6.42 Å². The van der Waals surface area contributed by atoms with Gasteiger partial charge in [-0.15, -0.1) is 11.3 Å². The van der Waals surface area contributed by atoms with Crippen LogP contribution in [0.15, 0.2) is 53.9 Å². The molecule has 1 N–H and O–H groups in total. The molecule has 1 aromatic carbocycles. The highest BCUT2D eigenvalue weighted by Crippen LogP contribution is 2.26. The van der Waals surface area contributed by atoms with Crippen LogP contribution in [0.3, 0.4) is 0 Å². The minimum absolute atomic E-state index is 0.212. The summed E-state index contributed by atoms with van der Waals surface area (Å²) in [6, 6.07) is 9.38. The number of allylic oxidation sites excluding steroid dienone is 2. The van der Waals surface area contributed by atoms with Crippen molar-refractivity contribution in [2.75, 3.05) is 6.61 Å². The molecule has 1 aromatic heterocycles. The van der Waals surface area contributed by atoms with Crippen LogP contribution in [-0.4, -0.2) is 18.5 Å². The number of benzene rings is 1. The number of esters is 1. The molecule has 0 radical (unpaired) electrons. The Kier molecular flexibility index (Phi) is 6.17. The second-order valence-electron chi connectivity index (χ2n) is 6.20. The van der Waals surface area contributed by atoms with Crippen molar-refractivity contribution in [1.82, 2.24) is 5.32 Å². The van der Waals surface area contributed by atoms with E-state index in [0.717, 1.165) is 23.3 Å². The van der Waals surface area contributed by atoms with Crippen LogP contribution in [0.25, 0.3) is 0 Å². The van der Waals surface area contributed by atoms with Crippen molar-refractivity contribution in [2.24, 2.45) is 5.92 Å². The largest absolute Gasteiger partial charge is 0.456 e. The Morgan fingerprint density at radius 1 is 1.27 bits per heavy atom. The molecule has 1 aliphatic carbocycles. The zero-order valence-corrected chi connectivity index (χ0v) is 15.0. The third kappa shape index (κ3) is 5.02. The smallest absolute Gasteiger partial charge is 0.306 e. The molecule has 1 amide bonds. The first kappa shape index (κ1) is 18.3. The van der Waals surface area contributed by atoms with Crippen LogP contribution in [0.5, 0.6) is 0 Å². The van der Waals surface area contributed by atoms with Gasteiger partial charge >= 0.3 is 5.97 Å². The number of amides is 1. The number of carbonyl (C=O) groups excluding carboxylic acids is 2. The van der Waals surface area contributed by atoms with E-state index in [1.807, 2.05) is 23.6 Å². The molecule has 2 atom stereocenters. The van der Waals surface area contributed by atoms with E-state index < -0.39 is 6.04 Å². The number of nitrogens with one attached hydrogen (secondary N) is 1. The standard InChI is InChI=1S/C20H20FNO3S/c21-16-9-7-15(8-10-16)20(17-6-3-11-26-17)22-18(23)13-25-19(24)12-14-4-1-2-5-14/h1,3-4,6-11,14,20H,2,5,12-13H2,(H,22,23)/t14-,20+/m0/s1. The lowest BCUT2D eigenvalue weighted by atomic mass is 10.1. The lowest BCUT2D eigenvalue weighted by molar-refractivity contribution is -0.149. The summed E-state index contributed by atoms with van der Waals surface area (Å²) >= 11 is 1.49. The van der Waals surface area contributed by atoms with Crippen LogP contribution in [-0.2, 0) is 14.3 Å². The Labute approximate surface area is 155 Å². The molecule has 6 heteroatoms. The fourth-order valence-corrected chi connectivity index (χ4v) is 3.72. The molecule has 3 rings (SSSR count). The molecule has 0 unspecified atom stereocenters. The SMILES string of the molecule is O=C(COC(=O)C[C@H]1C=CCC1)N[C@H](c1ccc(F)cc1)c1cccs1. The van der Waals surface area contributed by atoms with E-state index in [2.05, 4.69) is 11.4 Å². The van der Waals surface area contributed by atoms with Crippen LogP contribution in [0.1, 0.15) is 35.7 Å². The summed E-state index contributed by atoms with van der Waals surface area (Å²) in [6.07, 6.45) is 6.31. The van der Waals surface area contributed by atoms with E-state index in [4.69, 9.17) is 4.74 Å². The predicted octanol–water partition coefficient (Wildman–Crippen LogP) is 3.99. The van der Waals surface area contributed by atoms with Gasteiger partial charge in [0.15, 0.2) is 6.61 Å². The summed E-state index contributed by atoms with van der Waals surface area (Å²) in [5, 5.41) is 4.77. The zero-order valence-electron chi connectivity index (χ0n) is 14.2. The van der Waals surface area contributed by atoms with Gasteiger partial charge in [-0.3, -0.25) is 9.59 Å². The summed E-state index contributed by atoms with van der Waals surface area (Å²) in [5.74, 6) is -0.877. The summed E-state index contributed by atoms with van der Waals surface area (Å²) in [7, 11) is 0. The van der Waals surface area contributed by atoms with Gasteiger partial charge in [0.25, 0.3) is 5.91 Å². The molecule has 0 bridgehead atoms. The fourth-order valence-electron chi connectivity index (χ4n) is 2.92. The second kappa shape index (κ2) is 8.76. The van der Waals surface area contributed by atoms with Crippen LogP contribution in [0.4, 0.5) is 4.39 Å². The molecule has 0 saturated carbocycles. The van der Waals surface area contributed by atoms with Crippen LogP contribution >= 0.6 is 11.3 Å². The van der Waals surface area contributed by atoms with Gasteiger partial charge in [-0.1, -0.05) is 30.4 Å². The van der Waals surface area contributed by atoms with E-state index in [9.17, 15) is 14.0 Å². The van der Waals surface area contributed by atoms with Crippen LogP contribution < -0.4 is 5.32 Å². The number of rotatable bonds is 7. The highest BCUT2D eigenvalue weighted by atomic mass is 32.1. The van der Waals surface area contributed by atoms with Crippen molar-refractivity contribution in [3.8, 4) is 0 Å². The second-order valence-corrected chi connectivity index (χ2v) is 7.18. The fraction of sp³-hybridized carbons (Fsp3) is 0.300. The number of hydrogen-bond acceptors (Lipinski definition) is 4. The maximum absolute atomic E-state index is 13.2. The van der Waals surface area contributed by atoms with Crippen LogP contribution in [0.2, 0.25) is 0 Å². The quantitative estimate of drug-likeness (QED) is 0.590. The van der Waals surface area contributed by atoms with Crippen LogP contribution in [0, 0.1) is 11.7 Å². The molecule has 26 heavy (non-hydrogen) atoms. The summed E-state index contributed by atoms with van der Waals surface area (Å²) in [5.41, 5.74) is 0.768. The van der Waals surface area contributed by atoms with E-state index >= 15 is 0 Å². The van der Waals surface area contributed by atoms with Gasteiger partial charge in [-0.05, 0) is 47.9 Å². The van der Waals surface area contributed by atoms with Crippen molar-refractivity contribution in [3.63, 3.8) is 0 Å². The summed E-state index contributed by atoms with van der Waals surface area (Å²) in [6.45, 7) is -0.321. The first-order chi connectivity index (χ1) is 12.6. The number of carbonyl (C=O) groups is 2. The molecule has 4 nitrogen and oxygen atoms in total. The van der Waals surface area contributed by atoms with E-state index in [1.54, 1.807) is 12.1 Å². The minimum atomic E-state index is -0.403. The Hall–Kier alpha value is -2.47. The average molecular weight is 373 g/mol. The summed E-state index contributed by atoms with van der Waals surface area (Å²) < 4.78 is 18.3. The van der Waals surface area contributed by atoms with Crippen molar-refractivity contribution in [2.45, 2.75) is 25.3 Å². The van der Waals surface area contributed by atoms with Crippen molar-refractivity contribution in [3.05, 3.63) is 70.2 Å². The maximum Gasteiger partial charge on any atom is 0.306 e. The summed E-state index contributed by atoms with van der Waals surface area (Å²) in [4.78, 5) is 25.0. The predicted molar refractivity (Wildman–Crippen MR) is 98.1 cm³/mol. The van der Waals surface area contributed by atoms with E-state index in [-0.39, 0.29) is 30.2 Å². The van der Waals surface area contributed by atoms with Gasteiger partial charge in [-0.2, -0.15) is 0 Å². The lowest BCUT2D eigenvalue weighted by Crippen LogP contribution is -2.32. The first-order valence-corrected chi connectivity index (χ1v) is 9.40. The molecule has 0 saturated heterocycles. The Morgan fingerprint density at radius 3 is 2.73 bits per heavy atom. The normalized spacial score (nSPS) is 17.0. The third-order valence-electron chi connectivity index (χ3n) is 4.24. The topological polar surface area (TPSA) is 55.4 Å². The lowest BCUT2D eigenvalue weighted by Gasteiger charge is -2.18. The molecule has 0 fully saturated rings. The monoisotopic (exact) mass is 373 g/mol. The molecule has 0 aliphatic heterocycles. The average Bonchev–Trinajstić information content (AvgIpc) is 3.33. The van der Waals surface area contributed by atoms with E-state index in [1.165, 1.54) is 23.5 Å². The van der Waals surface area contributed by atoms with Crippen molar-refractivity contribution >= 4 is 23.2 Å². The molecule has 1 aliphatic rings. The van der Waals surface area contributed by atoms with Gasteiger partial charge in [-0.25, -0.2) is 4.39 Å². The molecular formula is C20H20FNO3S. The van der Waals surface area contributed by atoms with Gasteiger partial charge in [0.1, 0.15) is 5.82 Å². The molecule has 0 spiro atoms.